The zero-order valence-corrected chi connectivity index (χ0v) is 19.4. The highest BCUT2D eigenvalue weighted by Gasteiger charge is 2.36. The Labute approximate surface area is 207 Å². The number of fused-ring (bicyclic) bond motifs is 2. The number of nitrogens with zero attached hydrogens (tertiary/aromatic N) is 1. The number of benzene rings is 4. The lowest BCUT2D eigenvalue weighted by Gasteiger charge is -2.17. The van der Waals surface area contributed by atoms with Crippen LogP contribution < -0.4 is 10.2 Å². The number of hydrogen-bond acceptors (Lipinski definition) is 5. The molecule has 178 valence electrons. The van der Waals surface area contributed by atoms with Crippen molar-refractivity contribution in [1.29, 1.82) is 0 Å². The maximum absolute atomic E-state index is 12.7. The van der Waals surface area contributed by atoms with Gasteiger partial charge in [-0.2, -0.15) is 0 Å². The molecule has 0 bridgehead atoms. The van der Waals surface area contributed by atoms with Gasteiger partial charge in [0.1, 0.15) is 0 Å². The summed E-state index contributed by atoms with van der Waals surface area (Å²) >= 11 is 0. The van der Waals surface area contributed by atoms with E-state index in [4.69, 9.17) is 4.74 Å². The monoisotopic (exact) mass is 478 g/mol. The van der Waals surface area contributed by atoms with Gasteiger partial charge in [0, 0.05) is 0 Å². The van der Waals surface area contributed by atoms with Gasteiger partial charge in [0.15, 0.2) is 6.61 Å². The third-order valence-corrected chi connectivity index (χ3v) is 6.14. The van der Waals surface area contributed by atoms with E-state index >= 15 is 0 Å². The molecule has 4 aromatic rings. The molecule has 1 aliphatic heterocycles. The minimum atomic E-state index is -0.735. The molecule has 1 aliphatic rings. The van der Waals surface area contributed by atoms with Crippen LogP contribution in [0.25, 0.3) is 10.8 Å². The molecule has 36 heavy (non-hydrogen) atoms. The third kappa shape index (κ3) is 4.22. The Morgan fingerprint density at radius 2 is 1.47 bits per heavy atom. The third-order valence-electron chi connectivity index (χ3n) is 6.14. The smallest absolute Gasteiger partial charge is 0.338 e. The molecule has 7 nitrogen and oxygen atoms in total. The van der Waals surface area contributed by atoms with E-state index < -0.39 is 30.3 Å². The molecule has 4 aromatic carbocycles. The number of anilines is 1. The van der Waals surface area contributed by atoms with Crippen LogP contribution in [0.1, 0.15) is 49.6 Å². The number of carbonyl (C=O) groups is 4. The summed E-state index contributed by atoms with van der Waals surface area (Å²) in [5.74, 6) is -2.09. The van der Waals surface area contributed by atoms with Gasteiger partial charge >= 0.3 is 5.97 Å². The van der Waals surface area contributed by atoms with Gasteiger partial charge in [-0.15, -0.1) is 0 Å². The van der Waals surface area contributed by atoms with Crippen LogP contribution in [-0.4, -0.2) is 30.3 Å². The van der Waals surface area contributed by atoms with Crippen molar-refractivity contribution >= 4 is 40.2 Å². The molecule has 1 unspecified atom stereocenters. The first-order chi connectivity index (χ1) is 17.4. The average molecular weight is 479 g/mol. The van der Waals surface area contributed by atoms with E-state index in [0.717, 1.165) is 21.2 Å². The summed E-state index contributed by atoms with van der Waals surface area (Å²) in [7, 11) is 0. The van der Waals surface area contributed by atoms with Crippen LogP contribution in [-0.2, 0) is 9.53 Å². The van der Waals surface area contributed by atoms with Crippen LogP contribution in [0.15, 0.2) is 91.0 Å². The molecule has 1 heterocycles. The molecular weight excluding hydrogens is 456 g/mol. The average Bonchev–Trinajstić information content (AvgIpc) is 3.16. The fourth-order valence-corrected chi connectivity index (χ4v) is 4.40. The topological polar surface area (TPSA) is 92.8 Å². The maximum atomic E-state index is 12.7. The van der Waals surface area contributed by atoms with Crippen molar-refractivity contribution in [2.75, 3.05) is 11.5 Å². The number of carbonyl (C=O) groups excluding carboxylic acids is 4. The fraction of sp³-hybridized carbons (Fsp3) is 0.103. The highest BCUT2D eigenvalue weighted by Crippen LogP contribution is 2.29. The summed E-state index contributed by atoms with van der Waals surface area (Å²) in [5, 5.41) is 4.97. The van der Waals surface area contributed by atoms with Gasteiger partial charge in [0.05, 0.1) is 28.4 Å². The Hall–Kier alpha value is -4.78. The highest BCUT2D eigenvalue weighted by atomic mass is 16.5. The lowest BCUT2D eigenvalue weighted by molar-refractivity contribution is -0.124. The zero-order chi connectivity index (χ0) is 25.2. The molecule has 0 saturated heterocycles. The lowest BCUT2D eigenvalue weighted by atomic mass is 10.00. The summed E-state index contributed by atoms with van der Waals surface area (Å²) in [4.78, 5) is 51.6. The van der Waals surface area contributed by atoms with Crippen molar-refractivity contribution in [3.05, 3.63) is 113 Å². The Bertz CT molecular complexity index is 1490. The molecular formula is C29H22N2O5. The quantitative estimate of drug-likeness (QED) is 0.321. The number of nitrogens with one attached hydrogen (secondary N) is 1. The van der Waals surface area contributed by atoms with Crippen molar-refractivity contribution < 1.29 is 23.9 Å². The molecule has 3 amide bonds. The van der Waals surface area contributed by atoms with E-state index in [1.54, 1.807) is 36.4 Å². The molecule has 7 heteroatoms. The minimum Gasteiger partial charge on any atom is -0.452 e. The molecule has 0 aromatic heterocycles. The van der Waals surface area contributed by atoms with Crippen molar-refractivity contribution in [3.63, 3.8) is 0 Å². The molecule has 0 fully saturated rings. The standard InChI is InChI=1S/C29H22N2O5/c1-18(22-15-7-9-19-8-2-3-12-23(19)22)30-26(32)17-36-29(35)20-10-6-11-21(16-20)31-27(33)24-13-4-5-14-25(24)28(31)34/h2-16,18H,17H2,1H3,(H,30,32). The highest BCUT2D eigenvalue weighted by molar-refractivity contribution is 6.34. The second-order valence-electron chi connectivity index (χ2n) is 8.48. The summed E-state index contributed by atoms with van der Waals surface area (Å²) < 4.78 is 5.21. The number of hydrogen-bond donors (Lipinski definition) is 1. The zero-order valence-electron chi connectivity index (χ0n) is 19.4. The molecule has 0 spiro atoms. The van der Waals surface area contributed by atoms with Crippen molar-refractivity contribution in [2.45, 2.75) is 13.0 Å². The van der Waals surface area contributed by atoms with E-state index in [-0.39, 0.29) is 17.3 Å². The minimum absolute atomic E-state index is 0.124. The summed E-state index contributed by atoms with van der Waals surface area (Å²) in [6.45, 7) is 1.40. The van der Waals surface area contributed by atoms with E-state index in [0.29, 0.717) is 11.1 Å². The van der Waals surface area contributed by atoms with Crippen LogP contribution in [0.3, 0.4) is 0 Å². The maximum Gasteiger partial charge on any atom is 0.338 e. The SMILES string of the molecule is CC(NC(=O)COC(=O)c1cccc(N2C(=O)c3ccccc3C2=O)c1)c1cccc2ccccc12. The van der Waals surface area contributed by atoms with E-state index in [1.807, 2.05) is 49.4 Å². The summed E-state index contributed by atoms with van der Waals surface area (Å²) in [6.07, 6.45) is 0. The normalized spacial score (nSPS) is 13.4. The molecule has 0 radical (unpaired) electrons. The molecule has 1 N–H and O–H groups in total. The van der Waals surface area contributed by atoms with Crippen molar-refractivity contribution in [2.24, 2.45) is 0 Å². The first-order valence-electron chi connectivity index (χ1n) is 11.5. The fourth-order valence-electron chi connectivity index (χ4n) is 4.40. The van der Waals surface area contributed by atoms with E-state index in [9.17, 15) is 19.2 Å². The largest absolute Gasteiger partial charge is 0.452 e. The number of rotatable bonds is 6. The second-order valence-corrected chi connectivity index (χ2v) is 8.48. The van der Waals surface area contributed by atoms with Crippen LogP contribution in [0.4, 0.5) is 5.69 Å². The van der Waals surface area contributed by atoms with Crippen LogP contribution in [0.5, 0.6) is 0 Å². The Balaban J connectivity index is 1.24. The molecule has 0 saturated carbocycles. The van der Waals surface area contributed by atoms with Crippen LogP contribution in [0.2, 0.25) is 0 Å². The predicted octanol–water partition coefficient (Wildman–Crippen LogP) is 4.67. The lowest BCUT2D eigenvalue weighted by Crippen LogP contribution is -2.31. The first kappa shape index (κ1) is 23.0. The van der Waals surface area contributed by atoms with Gasteiger partial charge in [-0.25, -0.2) is 9.69 Å². The summed E-state index contributed by atoms with van der Waals surface area (Å²) in [6, 6.07) is 26.1. The molecule has 0 aliphatic carbocycles. The van der Waals surface area contributed by atoms with Crippen LogP contribution >= 0.6 is 0 Å². The number of ether oxygens (including phenoxy) is 1. The summed E-state index contributed by atoms with van der Waals surface area (Å²) in [5.41, 5.74) is 1.96. The van der Waals surface area contributed by atoms with Gasteiger partial charge in [0.2, 0.25) is 0 Å². The molecule has 1 atom stereocenters. The van der Waals surface area contributed by atoms with Gasteiger partial charge in [-0.05, 0) is 53.6 Å². The van der Waals surface area contributed by atoms with Crippen LogP contribution in [0, 0.1) is 0 Å². The van der Waals surface area contributed by atoms with Crippen molar-refractivity contribution in [3.8, 4) is 0 Å². The number of imide groups is 1. The number of amides is 3. The van der Waals surface area contributed by atoms with Gasteiger partial charge in [-0.1, -0.05) is 60.7 Å². The van der Waals surface area contributed by atoms with E-state index in [2.05, 4.69) is 5.32 Å². The van der Waals surface area contributed by atoms with Gasteiger partial charge in [0.25, 0.3) is 17.7 Å². The van der Waals surface area contributed by atoms with Gasteiger partial charge < -0.3 is 10.1 Å². The second kappa shape index (κ2) is 9.46. The Morgan fingerprint density at radius 1 is 0.833 bits per heavy atom. The Kier molecular flexibility index (Phi) is 6.04. The Morgan fingerprint density at radius 3 is 2.22 bits per heavy atom. The first-order valence-corrected chi connectivity index (χ1v) is 11.5. The van der Waals surface area contributed by atoms with Gasteiger partial charge in [-0.3, -0.25) is 14.4 Å². The number of esters is 1. The van der Waals surface area contributed by atoms with Crippen molar-refractivity contribution in [1.82, 2.24) is 5.32 Å². The molecule has 5 rings (SSSR count). The predicted molar refractivity (Wildman–Crippen MR) is 135 cm³/mol. The van der Waals surface area contributed by atoms with E-state index in [1.165, 1.54) is 12.1 Å².